The quantitative estimate of drug-likeness (QED) is 0.921. The van der Waals surface area contributed by atoms with Crippen molar-refractivity contribution < 1.29 is 4.79 Å². The zero-order chi connectivity index (χ0) is 14.9. The summed E-state index contributed by atoms with van der Waals surface area (Å²) in [4.78, 5) is 19.1. The molecule has 2 atom stereocenters. The number of carbonyl (C=O) groups excluding carboxylic acids is 1. The molecule has 22 heavy (non-hydrogen) atoms. The maximum Gasteiger partial charge on any atom is 0.253 e. The van der Waals surface area contributed by atoms with Gasteiger partial charge in [-0.25, -0.2) is 0 Å². The number of carbonyl (C=O) groups is 1. The highest BCUT2D eigenvalue weighted by Gasteiger charge is 2.38. The lowest BCUT2D eigenvalue weighted by molar-refractivity contribution is 0.0951. The summed E-state index contributed by atoms with van der Waals surface area (Å²) in [5.74, 6) is 0.815. The second-order valence-corrected chi connectivity index (χ2v) is 6.19. The third-order valence-electron chi connectivity index (χ3n) is 4.72. The molecule has 1 fully saturated rings. The topological polar surface area (TPSA) is 45.2 Å². The van der Waals surface area contributed by atoms with Crippen LogP contribution >= 0.6 is 0 Å². The molecule has 0 aliphatic carbocycles. The number of nitrogens with zero attached hydrogens (tertiary/aromatic N) is 2. The summed E-state index contributed by atoms with van der Waals surface area (Å²) in [6.07, 6.45) is 1.80. The van der Waals surface area contributed by atoms with Crippen molar-refractivity contribution in [3.63, 3.8) is 0 Å². The molecule has 1 N–H and O–H groups in total. The SMILES string of the molecule is O=C1NCC2CN(Cc3ccccc3)CC2c2ncccc21. The number of benzene rings is 1. The standard InChI is InChI=1S/C18H19N3O/c22-18-15-7-4-8-19-17(15)16-12-21(11-14(16)9-20-18)10-13-5-2-1-3-6-13/h1-8,14,16H,9-12H2,(H,20,22). The average molecular weight is 293 g/mol. The molecule has 2 aromatic rings. The molecular formula is C18H19N3O. The van der Waals surface area contributed by atoms with E-state index in [4.69, 9.17) is 0 Å². The van der Waals surface area contributed by atoms with E-state index in [-0.39, 0.29) is 5.91 Å². The lowest BCUT2D eigenvalue weighted by Gasteiger charge is -2.16. The molecule has 2 unspecified atom stereocenters. The van der Waals surface area contributed by atoms with E-state index >= 15 is 0 Å². The Morgan fingerprint density at radius 3 is 2.86 bits per heavy atom. The predicted molar refractivity (Wildman–Crippen MR) is 84.5 cm³/mol. The second-order valence-electron chi connectivity index (χ2n) is 6.19. The van der Waals surface area contributed by atoms with Crippen molar-refractivity contribution in [2.75, 3.05) is 19.6 Å². The van der Waals surface area contributed by atoms with Gasteiger partial charge in [0.1, 0.15) is 0 Å². The first-order valence-electron chi connectivity index (χ1n) is 7.80. The van der Waals surface area contributed by atoms with Crippen LogP contribution in [-0.2, 0) is 6.54 Å². The van der Waals surface area contributed by atoms with Crippen LogP contribution in [0.3, 0.4) is 0 Å². The summed E-state index contributed by atoms with van der Waals surface area (Å²) in [7, 11) is 0. The summed E-state index contributed by atoms with van der Waals surface area (Å²) < 4.78 is 0. The first kappa shape index (κ1) is 13.5. The fraction of sp³-hybridized carbons (Fsp3) is 0.333. The van der Waals surface area contributed by atoms with E-state index in [1.54, 1.807) is 6.20 Å². The van der Waals surface area contributed by atoms with Crippen LogP contribution in [0.4, 0.5) is 0 Å². The minimum absolute atomic E-state index is 0.0205. The van der Waals surface area contributed by atoms with Crippen molar-refractivity contribution in [1.29, 1.82) is 0 Å². The number of aromatic nitrogens is 1. The first-order valence-corrected chi connectivity index (χ1v) is 7.80. The first-order chi connectivity index (χ1) is 10.8. The summed E-state index contributed by atoms with van der Waals surface area (Å²) >= 11 is 0. The minimum atomic E-state index is 0.0205. The molecule has 2 aliphatic rings. The lowest BCUT2D eigenvalue weighted by Crippen LogP contribution is -2.29. The highest BCUT2D eigenvalue weighted by molar-refractivity contribution is 5.95. The fourth-order valence-corrected chi connectivity index (χ4v) is 3.67. The van der Waals surface area contributed by atoms with Gasteiger partial charge in [0.2, 0.25) is 0 Å². The third kappa shape index (κ3) is 2.40. The number of nitrogens with one attached hydrogen (secondary N) is 1. The number of amides is 1. The van der Waals surface area contributed by atoms with E-state index in [2.05, 4.69) is 39.5 Å². The van der Waals surface area contributed by atoms with Gasteiger partial charge in [-0.2, -0.15) is 0 Å². The van der Waals surface area contributed by atoms with Crippen LogP contribution in [0.25, 0.3) is 0 Å². The van der Waals surface area contributed by atoms with Crippen LogP contribution < -0.4 is 5.32 Å². The largest absolute Gasteiger partial charge is 0.352 e. The van der Waals surface area contributed by atoms with Gasteiger partial charge in [-0.1, -0.05) is 30.3 Å². The predicted octanol–water partition coefficient (Wildman–Crippen LogP) is 2.04. The van der Waals surface area contributed by atoms with Gasteiger partial charge in [0.25, 0.3) is 5.91 Å². The van der Waals surface area contributed by atoms with Gasteiger partial charge in [-0.15, -0.1) is 0 Å². The van der Waals surface area contributed by atoms with Crippen molar-refractivity contribution in [3.8, 4) is 0 Å². The highest BCUT2D eigenvalue weighted by atomic mass is 16.1. The fourth-order valence-electron chi connectivity index (χ4n) is 3.67. The van der Waals surface area contributed by atoms with Gasteiger partial charge in [0, 0.05) is 38.3 Å². The van der Waals surface area contributed by atoms with Crippen LogP contribution in [0.2, 0.25) is 0 Å². The maximum atomic E-state index is 12.1. The number of hydrogen-bond donors (Lipinski definition) is 1. The van der Waals surface area contributed by atoms with Crippen molar-refractivity contribution in [3.05, 3.63) is 65.5 Å². The Hall–Kier alpha value is -2.20. The number of hydrogen-bond acceptors (Lipinski definition) is 3. The van der Waals surface area contributed by atoms with E-state index in [1.807, 2.05) is 18.2 Å². The molecule has 1 saturated heterocycles. The maximum absolute atomic E-state index is 12.1. The Kier molecular flexibility index (Phi) is 3.39. The molecule has 0 saturated carbocycles. The third-order valence-corrected chi connectivity index (χ3v) is 4.72. The molecule has 0 spiro atoms. The van der Waals surface area contributed by atoms with Crippen LogP contribution in [0.15, 0.2) is 48.7 Å². The van der Waals surface area contributed by atoms with E-state index in [1.165, 1.54) is 5.56 Å². The molecule has 3 heterocycles. The number of rotatable bonds is 2. The zero-order valence-corrected chi connectivity index (χ0v) is 12.4. The molecule has 1 aromatic heterocycles. The Balaban J connectivity index is 1.58. The van der Waals surface area contributed by atoms with Crippen LogP contribution in [0.5, 0.6) is 0 Å². The molecule has 2 aliphatic heterocycles. The molecule has 0 bridgehead atoms. The van der Waals surface area contributed by atoms with E-state index < -0.39 is 0 Å². The second kappa shape index (κ2) is 5.54. The van der Waals surface area contributed by atoms with Crippen LogP contribution in [-0.4, -0.2) is 35.4 Å². The number of fused-ring (bicyclic) bond motifs is 3. The van der Waals surface area contributed by atoms with E-state index in [9.17, 15) is 4.79 Å². The van der Waals surface area contributed by atoms with Gasteiger partial charge < -0.3 is 5.32 Å². The monoisotopic (exact) mass is 293 g/mol. The van der Waals surface area contributed by atoms with Crippen LogP contribution in [0.1, 0.15) is 27.5 Å². The summed E-state index contributed by atoms with van der Waals surface area (Å²) in [6, 6.07) is 14.3. The number of pyridine rings is 1. The molecule has 4 heteroatoms. The van der Waals surface area contributed by atoms with E-state index in [0.717, 1.165) is 37.4 Å². The van der Waals surface area contributed by atoms with Gasteiger partial charge in [-0.05, 0) is 23.6 Å². The summed E-state index contributed by atoms with van der Waals surface area (Å²) in [5.41, 5.74) is 3.05. The number of likely N-dealkylation sites (tertiary alicyclic amines) is 1. The Morgan fingerprint density at radius 2 is 2.00 bits per heavy atom. The van der Waals surface area contributed by atoms with Crippen LogP contribution in [0, 0.1) is 5.92 Å². The summed E-state index contributed by atoms with van der Waals surface area (Å²) in [5, 5.41) is 3.05. The zero-order valence-electron chi connectivity index (χ0n) is 12.4. The molecule has 1 aromatic carbocycles. The van der Waals surface area contributed by atoms with Gasteiger partial charge >= 0.3 is 0 Å². The van der Waals surface area contributed by atoms with Gasteiger partial charge in [-0.3, -0.25) is 14.7 Å². The summed E-state index contributed by atoms with van der Waals surface area (Å²) in [6.45, 7) is 3.68. The molecule has 112 valence electrons. The Morgan fingerprint density at radius 1 is 1.14 bits per heavy atom. The molecule has 1 amide bonds. The highest BCUT2D eigenvalue weighted by Crippen LogP contribution is 2.35. The lowest BCUT2D eigenvalue weighted by atomic mass is 9.91. The normalized spacial score (nSPS) is 24.3. The Labute approximate surface area is 130 Å². The van der Waals surface area contributed by atoms with Gasteiger partial charge in [0.15, 0.2) is 0 Å². The van der Waals surface area contributed by atoms with Gasteiger partial charge in [0.05, 0.1) is 11.3 Å². The van der Waals surface area contributed by atoms with Crippen molar-refractivity contribution in [2.45, 2.75) is 12.5 Å². The molecular weight excluding hydrogens is 274 g/mol. The molecule has 0 radical (unpaired) electrons. The minimum Gasteiger partial charge on any atom is -0.352 e. The van der Waals surface area contributed by atoms with Crippen molar-refractivity contribution >= 4 is 5.91 Å². The van der Waals surface area contributed by atoms with Crippen molar-refractivity contribution in [2.24, 2.45) is 5.92 Å². The molecule has 4 rings (SSSR count). The average Bonchev–Trinajstić information content (AvgIpc) is 2.91. The van der Waals surface area contributed by atoms with E-state index in [0.29, 0.717) is 11.8 Å². The Bertz CT molecular complexity index is 686. The smallest absolute Gasteiger partial charge is 0.253 e. The van der Waals surface area contributed by atoms with Crippen molar-refractivity contribution in [1.82, 2.24) is 15.2 Å². The molecule has 4 nitrogen and oxygen atoms in total.